The maximum atomic E-state index is 13.3. The van der Waals surface area contributed by atoms with E-state index in [1.54, 1.807) is 23.1 Å². The Kier molecular flexibility index (Phi) is 4.89. The Morgan fingerprint density at radius 1 is 1.12 bits per heavy atom. The van der Waals surface area contributed by atoms with E-state index in [4.69, 9.17) is 11.6 Å². The summed E-state index contributed by atoms with van der Waals surface area (Å²) in [6.07, 6.45) is 0.436. The summed E-state index contributed by atoms with van der Waals surface area (Å²) in [4.78, 5) is 14.9. The van der Waals surface area contributed by atoms with Crippen LogP contribution < -0.4 is 4.90 Å². The van der Waals surface area contributed by atoms with E-state index in [1.165, 1.54) is 0 Å². The molecule has 1 aliphatic rings. The molecule has 2 aromatic carbocycles. The molecule has 1 amide bonds. The van der Waals surface area contributed by atoms with Gasteiger partial charge in [-0.05, 0) is 49.6 Å². The summed E-state index contributed by atoms with van der Waals surface area (Å²) in [6, 6.07) is 12.3. The number of carbonyl (C=O) groups excluding carboxylic acids is 1. The molecule has 6 heteroatoms. The Labute approximate surface area is 153 Å². The molecule has 0 spiro atoms. The van der Waals surface area contributed by atoms with Crippen LogP contribution in [0.4, 0.5) is 5.69 Å². The third-order valence-electron chi connectivity index (χ3n) is 4.67. The highest BCUT2D eigenvalue weighted by atomic mass is 35.5. The van der Waals surface area contributed by atoms with E-state index in [2.05, 4.69) is 0 Å². The van der Waals surface area contributed by atoms with Crippen LogP contribution in [0.1, 0.15) is 27.9 Å². The summed E-state index contributed by atoms with van der Waals surface area (Å²) >= 11 is 6.25. The van der Waals surface area contributed by atoms with E-state index in [1.807, 2.05) is 38.1 Å². The van der Waals surface area contributed by atoms with Crippen molar-refractivity contribution in [2.24, 2.45) is 0 Å². The van der Waals surface area contributed by atoms with Gasteiger partial charge in [-0.25, -0.2) is 8.42 Å². The number of rotatable bonds is 3. The molecule has 1 aliphatic heterocycles. The molecular weight excluding hydrogens is 358 g/mol. The van der Waals surface area contributed by atoms with Gasteiger partial charge in [-0.1, -0.05) is 35.9 Å². The first kappa shape index (κ1) is 18.0. The minimum absolute atomic E-state index is 0.0173. The minimum Gasteiger partial charge on any atom is -0.304 e. The minimum atomic E-state index is -3.12. The number of carbonyl (C=O) groups is 1. The molecule has 1 atom stereocenters. The summed E-state index contributed by atoms with van der Waals surface area (Å²) in [7, 11) is -3.12. The number of amides is 1. The van der Waals surface area contributed by atoms with Gasteiger partial charge >= 0.3 is 0 Å². The van der Waals surface area contributed by atoms with E-state index in [0.717, 1.165) is 11.1 Å². The standard InChI is InChI=1S/C19H20ClNO3S/c1-13-6-3-4-7-16(13)19(22)21(15-10-11-25(23,24)12-15)18-9-5-8-17(20)14(18)2/h3-9,15H,10-12H2,1-2H3/t15-/m1/s1. The molecule has 1 saturated heterocycles. The van der Waals surface area contributed by atoms with Crippen molar-refractivity contribution in [2.75, 3.05) is 16.4 Å². The lowest BCUT2D eigenvalue weighted by Crippen LogP contribution is -2.42. The summed E-state index contributed by atoms with van der Waals surface area (Å²) in [6.45, 7) is 3.72. The Morgan fingerprint density at radius 2 is 1.84 bits per heavy atom. The predicted octanol–water partition coefficient (Wildman–Crippen LogP) is 3.79. The zero-order valence-corrected chi connectivity index (χ0v) is 15.8. The van der Waals surface area contributed by atoms with Gasteiger partial charge in [-0.3, -0.25) is 4.79 Å². The van der Waals surface area contributed by atoms with Crippen molar-refractivity contribution in [3.63, 3.8) is 0 Å². The van der Waals surface area contributed by atoms with Crippen molar-refractivity contribution in [2.45, 2.75) is 26.3 Å². The average molecular weight is 378 g/mol. The second-order valence-electron chi connectivity index (χ2n) is 6.43. The summed E-state index contributed by atoms with van der Waals surface area (Å²) in [5.41, 5.74) is 2.88. The molecule has 3 rings (SSSR count). The largest absolute Gasteiger partial charge is 0.304 e. The third-order valence-corrected chi connectivity index (χ3v) is 6.83. The van der Waals surface area contributed by atoms with Crippen molar-refractivity contribution in [3.05, 3.63) is 64.2 Å². The fourth-order valence-electron chi connectivity index (χ4n) is 3.25. The van der Waals surface area contributed by atoms with Gasteiger partial charge in [0.2, 0.25) is 0 Å². The second-order valence-corrected chi connectivity index (χ2v) is 9.07. The molecule has 132 valence electrons. The zero-order chi connectivity index (χ0) is 18.2. The summed E-state index contributed by atoms with van der Waals surface area (Å²) in [5.74, 6) is -0.101. The van der Waals surface area contributed by atoms with E-state index in [-0.39, 0.29) is 23.5 Å². The molecule has 0 N–H and O–H groups in total. The molecule has 2 aromatic rings. The Morgan fingerprint density at radius 3 is 2.48 bits per heavy atom. The van der Waals surface area contributed by atoms with Gasteiger partial charge in [0, 0.05) is 16.3 Å². The first-order valence-corrected chi connectivity index (χ1v) is 10.3. The van der Waals surface area contributed by atoms with Crippen molar-refractivity contribution in [3.8, 4) is 0 Å². The van der Waals surface area contributed by atoms with Crippen molar-refractivity contribution >= 4 is 33.0 Å². The second kappa shape index (κ2) is 6.81. The number of benzene rings is 2. The topological polar surface area (TPSA) is 54.5 Å². The van der Waals surface area contributed by atoms with Gasteiger partial charge in [0.15, 0.2) is 9.84 Å². The molecule has 0 saturated carbocycles. The zero-order valence-electron chi connectivity index (χ0n) is 14.2. The van der Waals surface area contributed by atoms with E-state index >= 15 is 0 Å². The number of sulfone groups is 1. The highest BCUT2D eigenvalue weighted by Crippen LogP contribution is 2.32. The highest BCUT2D eigenvalue weighted by Gasteiger charge is 2.36. The molecule has 4 nitrogen and oxygen atoms in total. The van der Waals surface area contributed by atoms with Gasteiger partial charge in [0.1, 0.15) is 0 Å². The first-order chi connectivity index (χ1) is 11.8. The molecular formula is C19H20ClNO3S. The fraction of sp³-hybridized carbons (Fsp3) is 0.316. The van der Waals surface area contributed by atoms with Crippen molar-refractivity contribution in [1.29, 1.82) is 0 Å². The van der Waals surface area contributed by atoms with Gasteiger partial charge in [-0.2, -0.15) is 0 Å². The molecule has 0 aliphatic carbocycles. The predicted molar refractivity (Wildman–Crippen MR) is 101 cm³/mol. The molecule has 25 heavy (non-hydrogen) atoms. The molecule has 0 bridgehead atoms. The van der Waals surface area contributed by atoms with Crippen LogP contribution in [0.3, 0.4) is 0 Å². The van der Waals surface area contributed by atoms with Gasteiger partial charge < -0.3 is 4.90 Å². The smallest absolute Gasteiger partial charge is 0.258 e. The average Bonchev–Trinajstić information content (AvgIpc) is 2.91. The van der Waals surface area contributed by atoms with Crippen LogP contribution in [0.25, 0.3) is 0 Å². The lowest BCUT2D eigenvalue weighted by molar-refractivity contribution is 0.0978. The lowest BCUT2D eigenvalue weighted by Gasteiger charge is -2.30. The number of hydrogen-bond acceptors (Lipinski definition) is 3. The van der Waals surface area contributed by atoms with Crippen molar-refractivity contribution in [1.82, 2.24) is 0 Å². The highest BCUT2D eigenvalue weighted by molar-refractivity contribution is 7.91. The van der Waals surface area contributed by atoms with Crippen LogP contribution in [-0.2, 0) is 9.84 Å². The Hall–Kier alpha value is -1.85. The first-order valence-electron chi connectivity index (χ1n) is 8.15. The van der Waals surface area contributed by atoms with E-state index in [0.29, 0.717) is 22.7 Å². The lowest BCUT2D eigenvalue weighted by atomic mass is 10.0. The number of anilines is 1. The molecule has 1 fully saturated rings. The van der Waals surface area contributed by atoms with Crippen LogP contribution in [0, 0.1) is 13.8 Å². The van der Waals surface area contributed by atoms with Gasteiger partial charge in [0.25, 0.3) is 5.91 Å². The Bertz CT molecular complexity index is 924. The molecule has 0 aromatic heterocycles. The van der Waals surface area contributed by atoms with Crippen LogP contribution in [0.5, 0.6) is 0 Å². The number of aryl methyl sites for hydroxylation is 1. The quantitative estimate of drug-likeness (QED) is 0.817. The van der Waals surface area contributed by atoms with E-state index in [9.17, 15) is 13.2 Å². The Balaban J connectivity index is 2.11. The fourth-order valence-corrected chi connectivity index (χ4v) is 5.12. The van der Waals surface area contributed by atoms with Gasteiger partial charge in [0.05, 0.1) is 17.5 Å². The van der Waals surface area contributed by atoms with Crippen LogP contribution in [-0.4, -0.2) is 31.9 Å². The molecule has 1 heterocycles. The van der Waals surface area contributed by atoms with Crippen LogP contribution in [0.15, 0.2) is 42.5 Å². The molecule has 0 unspecified atom stereocenters. The number of halogens is 1. The maximum absolute atomic E-state index is 13.3. The summed E-state index contributed by atoms with van der Waals surface area (Å²) in [5, 5.41) is 0.556. The number of nitrogens with zero attached hydrogens (tertiary/aromatic N) is 1. The van der Waals surface area contributed by atoms with Crippen LogP contribution in [0.2, 0.25) is 5.02 Å². The molecule has 0 radical (unpaired) electrons. The maximum Gasteiger partial charge on any atom is 0.258 e. The third kappa shape index (κ3) is 3.58. The van der Waals surface area contributed by atoms with E-state index < -0.39 is 9.84 Å². The normalized spacial score (nSPS) is 18.9. The monoisotopic (exact) mass is 377 g/mol. The van der Waals surface area contributed by atoms with Crippen LogP contribution >= 0.6 is 11.6 Å². The summed E-state index contributed by atoms with van der Waals surface area (Å²) < 4.78 is 24.0. The number of hydrogen-bond donors (Lipinski definition) is 0. The van der Waals surface area contributed by atoms with Gasteiger partial charge in [-0.15, -0.1) is 0 Å². The van der Waals surface area contributed by atoms with Crippen molar-refractivity contribution < 1.29 is 13.2 Å². The SMILES string of the molecule is Cc1ccccc1C(=O)N(c1cccc(Cl)c1C)[C@@H]1CCS(=O)(=O)C1.